The number of hydrogen-bond acceptors (Lipinski definition) is 2. The van der Waals surface area contributed by atoms with Crippen molar-refractivity contribution >= 4 is 5.91 Å². The lowest BCUT2D eigenvalue weighted by molar-refractivity contribution is -0.157. The monoisotopic (exact) mass is 353 g/mol. The van der Waals surface area contributed by atoms with Gasteiger partial charge in [-0.25, -0.2) is 0 Å². The van der Waals surface area contributed by atoms with Crippen LogP contribution in [0.1, 0.15) is 51.2 Å². The Morgan fingerprint density at radius 1 is 1.40 bits per heavy atom. The van der Waals surface area contributed by atoms with E-state index in [1.165, 1.54) is 12.1 Å². The molecule has 1 aromatic carbocycles. The van der Waals surface area contributed by atoms with Crippen LogP contribution in [0.2, 0.25) is 0 Å². The third kappa shape index (κ3) is 4.38. The lowest BCUT2D eigenvalue weighted by atomic mass is 9.66. The fraction of sp³-hybridized carbons (Fsp3) is 0.650. The molecule has 1 saturated carbocycles. The summed E-state index contributed by atoms with van der Waals surface area (Å²) in [5.41, 5.74) is -0.963. The lowest BCUT2D eigenvalue weighted by Crippen LogP contribution is -2.57. The number of rotatable bonds is 5. The number of nitrogens with one attached hydrogen (secondary N) is 1. The van der Waals surface area contributed by atoms with E-state index in [0.717, 1.165) is 18.4 Å². The van der Waals surface area contributed by atoms with Gasteiger partial charge in [0.05, 0.1) is 6.54 Å². The van der Waals surface area contributed by atoms with Crippen LogP contribution in [-0.2, 0) is 10.7 Å². The van der Waals surface area contributed by atoms with Crippen LogP contribution in [0.25, 0.3) is 0 Å². The molecule has 25 heavy (non-hydrogen) atoms. The molecule has 2 rings (SSSR count). The normalized spacial score (nSPS) is 27.4. The highest BCUT2D eigenvalue weighted by Crippen LogP contribution is 2.41. The molecule has 3 atom stereocenters. The van der Waals surface area contributed by atoms with Gasteiger partial charge in [-0.2, -0.15) is 8.78 Å². The highest BCUT2D eigenvalue weighted by Gasteiger charge is 2.49. The van der Waals surface area contributed by atoms with Crippen molar-refractivity contribution in [3.63, 3.8) is 0 Å². The molecule has 5 heteroatoms. The topological polar surface area (TPSA) is 49.3 Å². The van der Waals surface area contributed by atoms with Gasteiger partial charge in [0.25, 0.3) is 11.8 Å². The zero-order valence-corrected chi connectivity index (χ0v) is 15.5. The quantitative estimate of drug-likeness (QED) is 0.840. The fourth-order valence-corrected chi connectivity index (χ4v) is 3.95. The molecule has 1 amide bonds. The number of benzene rings is 1. The van der Waals surface area contributed by atoms with Gasteiger partial charge in [0.1, 0.15) is 5.60 Å². The van der Waals surface area contributed by atoms with Crippen LogP contribution in [0.4, 0.5) is 8.78 Å². The van der Waals surface area contributed by atoms with Crippen LogP contribution in [-0.4, -0.2) is 23.2 Å². The minimum Gasteiger partial charge on any atom is -0.380 e. The zero-order valence-electron chi connectivity index (χ0n) is 15.5. The Morgan fingerprint density at radius 3 is 2.68 bits per heavy atom. The first-order valence-electron chi connectivity index (χ1n) is 9.02. The maximum atomic E-state index is 14.4. The SMILES string of the molecule is Cc1cccc(C(F)(F)CNC(=O)[C@@]2(O)CC(C)CCC2C(C)C)c1. The predicted molar refractivity (Wildman–Crippen MR) is 94.4 cm³/mol. The van der Waals surface area contributed by atoms with Crippen LogP contribution < -0.4 is 5.32 Å². The second kappa shape index (κ2) is 7.40. The van der Waals surface area contributed by atoms with Crippen molar-refractivity contribution in [2.75, 3.05) is 6.54 Å². The molecule has 2 unspecified atom stereocenters. The zero-order chi connectivity index (χ0) is 18.8. The van der Waals surface area contributed by atoms with E-state index in [1.54, 1.807) is 19.1 Å². The molecule has 0 bridgehead atoms. The smallest absolute Gasteiger partial charge is 0.290 e. The number of halogens is 2. The van der Waals surface area contributed by atoms with Crippen molar-refractivity contribution in [1.82, 2.24) is 5.32 Å². The summed E-state index contributed by atoms with van der Waals surface area (Å²) >= 11 is 0. The van der Waals surface area contributed by atoms with Crippen molar-refractivity contribution in [3.05, 3.63) is 35.4 Å². The molecule has 1 aromatic rings. The van der Waals surface area contributed by atoms with Crippen molar-refractivity contribution in [1.29, 1.82) is 0 Å². The van der Waals surface area contributed by atoms with Gasteiger partial charge in [-0.15, -0.1) is 0 Å². The minimum absolute atomic E-state index is 0.112. The largest absolute Gasteiger partial charge is 0.380 e. The summed E-state index contributed by atoms with van der Waals surface area (Å²) in [6.45, 7) is 6.84. The van der Waals surface area contributed by atoms with Gasteiger partial charge >= 0.3 is 0 Å². The Balaban J connectivity index is 2.11. The molecular weight excluding hydrogens is 324 g/mol. The van der Waals surface area contributed by atoms with Crippen LogP contribution >= 0.6 is 0 Å². The standard InChI is InChI=1S/C20H29F2NO2/c1-13(2)17-9-8-15(4)11-19(17,25)18(24)23-12-20(21,22)16-7-5-6-14(3)10-16/h5-7,10,13,15,17,25H,8-9,11-12H2,1-4H3,(H,23,24)/t15?,17?,19-/m1/s1. The van der Waals surface area contributed by atoms with Crippen molar-refractivity contribution in [2.24, 2.45) is 17.8 Å². The summed E-state index contributed by atoms with van der Waals surface area (Å²) in [5, 5.41) is 13.3. The van der Waals surface area contributed by atoms with Gasteiger partial charge < -0.3 is 10.4 Å². The highest BCUT2D eigenvalue weighted by atomic mass is 19.3. The number of amides is 1. The average molecular weight is 353 g/mol. The number of carbonyl (C=O) groups is 1. The molecule has 0 heterocycles. The molecular formula is C20H29F2NO2. The molecule has 1 aliphatic rings. The van der Waals surface area contributed by atoms with Crippen LogP contribution in [0.5, 0.6) is 0 Å². The van der Waals surface area contributed by atoms with Gasteiger partial charge in [-0.1, -0.05) is 57.0 Å². The summed E-state index contributed by atoms with van der Waals surface area (Å²) in [4.78, 5) is 12.6. The molecule has 1 fully saturated rings. The molecule has 140 valence electrons. The van der Waals surface area contributed by atoms with E-state index in [2.05, 4.69) is 5.32 Å². The van der Waals surface area contributed by atoms with Crippen molar-refractivity contribution < 1.29 is 18.7 Å². The third-order valence-electron chi connectivity index (χ3n) is 5.35. The van der Waals surface area contributed by atoms with E-state index in [-0.39, 0.29) is 23.3 Å². The molecule has 0 radical (unpaired) electrons. The molecule has 0 aromatic heterocycles. The van der Waals surface area contributed by atoms with Crippen LogP contribution in [0.15, 0.2) is 24.3 Å². The van der Waals surface area contributed by atoms with Crippen molar-refractivity contribution in [3.8, 4) is 0 Å². The number of aryl methyl sites for hydroxylation is 1. The molecule has 2 N–H and O–H groups in total. The Morgan fingerprint density at radius 2 is 2.08 bits per heavy atom. The highest BCUT2D eigenvalue weighted by molar-refractivity contribution is 5.85. The van der Waals surface area contributed by atoms with Gasteiger partial charge in [0.15, 0.2) is 0 Å². The van der Waals surface area contributed by atoms with Crippen LogP contribution in [0.3, 0.4) is 0 Å². The van der Waals surface area contributed by atoms with E-state index in [4.69, 9.17) is 0 Å². The molecule has 0 spiro atoms. The maximum Gasteiger partial charge on any atom is 0.290 e. The van der Waals surface area contributed by atoms with E-state index in [0.29, 0.717) is 6.42 Å². The lowest BCUT2D eigenvalue weighted by Gasteiger charge is -2.43. The molecule has 0 aliphatic heterocycles. The summed E-state index contributed by atoms with van der Waals surface area (Å²) in [6.07, 6.45) is 1.99. The Hall–Kier alpha value is -1.49. The number of hydrogen-bond donors (Lipinski definition) is 2. The summed E-state index contributed by atoms with van der Waals surface area (Å²) in [7, 11) is 0. The molecule has 3 nitrogen and oxygen atoms in total. The number of aliphatic hydroxyl groups is 1. The fourth-order valence-electron chi connectivity index (χ4n) is 3.95. The van der Waals surface area contributed by atoms with Crippen LogP contribution in [0, 0.1) is 24.7 Å². The Kier molecular flexibility index (Phi) is 5.87. The average Bonchev–Trinajstić information content (AvgIpc) is 2.52. The van der Waals surface area contributed by atoms with E-state index < -0.39 is 24.0 Å². The maximum absolute atomic E-state index is 14.4. The number of alkyl halides is 2. The van der Waals surface area contributed by atoms with E-state index >= 15 is 0 Å². The summed E-state index contributed by atoms with van der Waals surface area (Å²) in [5.74, 6) is -3.75. The molecule has 0 saturated heterocycles. The summed E-state index contributed by atoms with van der Waals surface area (Å²) in [6, 6.07) is 6.09. The molecule has 1 aliphatic carbocycles. The second-order valence-electron chi connectivity index (χ2n) is 7.92. The first-order valence-corrected chi connectivity index (χ1v) is 9.02. The summed E-state index contributed by atoms with van der Waals surface area (Å²) < 4.78 is 28.8. The predicted octanol–water partition coefficient (Wildman–Crippen LogP) is 4.03. The van der Waals surface area contributed by atoms with E-state index in [1.807, 2.05) is 20.8 Å². The van der Waals surface area contributed by atoms with E-state index in [9.17, 15) is 18.7 Å². The second-order valence-corrected chi connectivity index (χ2v) is 7.92. The Bertz CT molecular complexity index is 617. The van der Waals surface area contributed by atoms with Gasteiger partial charge in [0, 0.05) is 5.56 Å². The van der Waals surface area contributed by atoms with Gasteiger partial charge in [-0.05, 0) is 37.5 Å². The first kappa shape index (κ1) is 19.8. The first-order chi connectivity index (χ1) is 11.6. The van der Waals surface area contributed by atoms with Gasteiger partial charge in [-0.3, -0.25) is 4.79 Å². The van der Waals surface area contributed by atoms with Gasteiger partial charge in [0.2, 0.25) is 0 Å². The van der Waals surface area contributed by atoms with Crippen molar-refractivity contribution in [2.45, 2.75) is 58.5 Å². The third-order valence-corrected chi connectivity index (χ3v) is 5.35. The Labute approximate surface area is 148 Å². The number of carbonyl (C=O) groups excluding carboxylic acids is 1. The minimum atomic E-state index is -3.17.